The average molecular weight is 745 g/mol. The maximum Gasteiger partial charge on any atom is 0.258 e. The summed E-state index contributed by atoms with van der Waals surface area (Å²) >= 11 is 6.15. The van der Waals surface area contributed by atoms with Gasteiger partial charge < -0.3 is 22.1 Å². The summed E-state index contributed by atoms with van der Waals surface area (Å²) in [5.41, 5.74) is 14.9. The molecule has 0 atom stereocenters. The van der Waals surface area contributed by atoms with Crippen molar-refractivity contribution in [1.82, 2.24) is 14.9 Å². The van der Waals surface area contributed by atoms with Gasteiger partial charge in [0.05, 0.1) is 42.9 Å². The van der Waals surface area contributed by atoms with Gasteiger partial charge in [-0.15, -0.1) is 22.7 Å². The van der Waals surface area contributed by atoms with Crippen LogP contribution in [0.2, 0.25) is 0 Å². The van der Waals surface area contributed by atoms with Gasteiger partial charge in [-0.1, -0.05) is 60.1 Å². The van der Waals surface area contributed by atoms with Crippen molar-refractivity contribution < 1.29 is 9.59 Å². The number of halogens is 1. The summed E-state index contributed by atoms with van der Waals surface area (Å²) < 4.78 is 2.94. The molecule has 9 nitrogen and oxygen atoms in total. The Balaban J connectivity index is 0.000000184. The lowest BCUT2D eigenvalue weighted by molar-refractivity contribution is 0.0995. The Hall–Kier alpha value is -4.36. The molecule has 0 unspecified atom stereocenters. The van der Waals surface area contributed by atoms with Crippen molar-refractivity contribution in [3.05, 3.63) is 111 Å². The van der Waals surface area contributed by atoms with Crippen LogP contribution in [0.1, 0.15) is 51.6 Å². The molecule has 0 aliphatic carbocycles. The number of nitrogens with one attached hydrogen (secondary N) is 2. The lowest BCUT2D eigenvalue weighted by Crippen LogP contribution is -2.38. The van der Waals surface area contributed by atoms with Gasteiger partial charge in [-0.3, -0.25) is 24.5 Å². The number of hydrogen-bond acceptors (Lipinski definition) is 9. The number of pyridine rings is 2. The molecule has 6 N–H and O–H groups in total. The minimum Gasteiger partial charge on any atom is -0.380 e. The van der Waals surface area contributed by atoms with Crippen molar-refractivity contribution >= 4 is 87.7 Å². The third-order valence-corrected chi connectivity index (χ3v) is 10.4. The van der Waals surface area contributed by atoms with Crippen LogP contribution in [-0.2, 0) is 6.54 Å². The van der Waals surface area contributed by atoms with Crippen molar-refractivity contribution in [2.45, 2.75) is 39.3 Å². The van der Waals surface area contributed by atoms with Crippen LogP contribution in [0.15, 0.2) is 96.0 Å². The lowest BCUT2D eigenvalue weighted by atomic mass is 10.0. The molecule has 1 aliphatic heterocycles. The van der Waals surface area contributed by atoms with E-state index in [1.165, 1.54) is 28.2 Å². The van der Waals surface area contributed by atoms with Gasteiger partial charge >= 0.3 is 0 Å². The van der Waals surface area contributed by atoms with Crippen LogP contribution in [0, 0.1) is 0 Å². The topological polar surface area (TPSA) is 139 Å². The van der Waals surface area contributed by atoms with E-state index in [2.05, 4.69) is 71.8 Å². The molecule has 248 valence electrons. The lowest BCUT2D eigenvalue weighted by Gasteiger charge is -2.33. The normalized spacial score (nSPS) is 13.2. The largest absolute Gasteiger partial charge is 0.380 e. The van der Waals surface area contributed by atoms with Gasteiger partial charge in [-0.05, 0) is 54.8 Å². The van der Waals surface area contributed by atoms with Crippen LogP contribution < -0.4 is 22.1 Å². The van der Waals surface area contributed by atoms with Crippen LogP contribution in [0.25, 0.3) is 20.2 Å². The highest BCUT2D eigenvalue weighted by atomic mass is 79.9. The second-order valence-corrected chi connectivity index (χ2v) is 14.0. The number of piperidine rings is 1. The third kappa shape index (κ3) is 8.95. The molecule has 2 amide bonds. The summed E-state index contributed by atoms with van der Waals surface area (Å²) in [6, 6.07) is 22.5. The van der Waals surface area contributed by atoms with Gasteiger partial charge in [-0.2, -0.15) is 0 Å². The van der Waals surface area contributed by atoms with Crippen molar-refractivity contribution in [3.63, 3.8) is 0 Å². The molecule has 0 saturated carbocycles. The van der Waals surface area contributed by atoms with E-state index in [1.807, 2.05) is 50.4 Å². The minimum absolute atomic E-state index is 0.383. The van der Waals surface area contributed by atoms with E-state index in [0.29, 0.717) is 15.8 Å². The average Bonchev–Trinajstić information content (AvgIpc) is 3.75. The van der Waals surface area contributed by atoms with Gasteiger partial charge in [0.2, 0.25) is 0 Å². The van der Waals surface area contributed by atoms with Crippen molar-refractivity contribution in [2.75, 3.05) is 23.7 Å². The molecule has 5 heterocycles. The SMILES string of the molecule is CC.NC(=O)c1cc2c(NC3CCN(Cc4ccccc4)CC3)cncc2s1.NC(=O)c1cc2c(Nc3ccc(Br)cc3)cncc2s1. The molecular formula is C36H38BrN7O2S2. The van der Waals surface area contributed by atoms with Crippen LogP contribution in [0.5, 0.6) is 0 Å². The number of carbonyl (C=O) groups excluding carboxylic acids is 2. The summed E-state index contributed by atoms with van der Waals surface area (Å²) in [6.45, 7) is 7.16. The third-order valence-electron chi connectivity index (χ3n) is 7.70. The smallest absolute Gasteiger partial charge is 0.258 e. The number of rotatable bonds is 8. The number of nitrogens with two attached hydrogens (primary N) is 2. The Labute approximate surface area is 296 Å². The quantitative estimate of drug-likeness (QED) is 0.123. The first-order valence-corrected chi connectivity index (χ1v) is 18.1. The fourth-order valence-electron chi connectivity index (χ4n) is 5.36. The molecule has 1 fully saturated rings. The Kier molecular flexibility index (Phi) is 12.1. The maximum absolute atomic E-state index is 11.4. The summed E-state index contributed by atoms with van der Waals surface area (Å²) in [4.78, 5) is 34.8. The molecule has 0 spiro atoms. The molecule has 4 aromatic heterocycles. The number of hydrogen-bond donors (Lipinski definition) is 4. The highest BCUT2D eigenvalue weighted by Gasteiger charge is 2.20. The fourth-order valence-corrected chi connectivity index (χ4v) is 7.44. The summed E-state index contributed by atoms with van der Waals surface area (Å²) in [5.74, 6) is -0.799. The number of aromatic nitrogens is 2. The number of likely N-dealkylation sites (tertiary alicyclic amines) is 1. The summed E-state index contributed by atoms with van der Waals surface area (Å²) in [5, 5.41) is 8.90. The van der Waals surface area contributed by atoms with Gasteiger partial charge in [0.1, 0.15) is 0 Å². The van der Waals surface area contributed by atoms with Crippen LogP contribution in [-0.4, -0.2) is 45.8 Å². The Morgan fingerprint density at radius 2 is 1.35 bits per heavy atom. The number of primary amides is 2. The summed E-state index contributed by atoms with van der Waals surface area (Å²) in [6.07, 6.45) is 9.30. The molecule has 1 saturated heterocycles. The standard InChI is InChI=1S/C20H22N4OS.C14H10BrN3OS.C2H6/c21-20(25)18-10-16-17(11-22-12-19(16)26-18)23-15-6-8-24(9-7-15)13-14-4-2-1-3-5-14;15-8-1-3-9(4-2-8)18-11-6-17-7-13-10(11)5-12(20-13)14(16)19;1-2/h1-5,10-12,15,23H,6-9,13H2,(H2,21,25);1-7,18H,(H2,16,19);1-2H3. The maximum atomic E-state index is 11.4. The molecule has 2 aromatic carbocycles. The molecule has 1 aliphatic rings. The number of amides is 2. The Morgan fingerprint density at radius 1 is 0.812 bits per heavy atom. The molecular weight excluding hydrogens is 706 g/mol. The van der Waals surface area contributed by atoms with Crippen LogP contribution in [0.3, 0.4) is 0 Å². The Morgan fingerprint density at radius 3 is 1.92 bits per heavy atom. The molecule has 7 rings (SSSR count). The number of anilines is 3. The predicted octanol–water partition coefficient (Wildman–Crippen LogP) is 8.40. The van der Waals surface area contributed by atoms with E-state index < -0.39 is 5.91 Å². The number of fused-ring (bicyclic) bond motifs is 2. The zero-order valence-electron chi connectivity index (χ0n) is 26.8. The molecule has 6 aromatic rings. The monoisotopic (exact) mass is 743 g/mol. The van der Waals surface area contributed by atoms with E-state index in [9.17, 15) is 9.59 Å². The molecule has 0 bridgehead atoms. The van der Waals surface area contributed by atoms with E-state index in [1.54, 1.807) is 24.7 Å². The number of nitrogens with zero attached hydrogens (tertiary/aromatic N) is 3. The zero-order valence-corrected chi connectivity index (χ0v) is 30.0. The molecule has 0 radical (unpaired) electrons. The van der Waals surface area contributed by atoms with E-state index in [0.717, 1.165) is 74.2 Å². The van der Waals surface area contributed by atoms with E-state index in [-0.39, 0.29) is 5.91 Å². The van der Waals surface area contributed by atoms with Crippen molar-refractivity contribution in [1.29, 1.82) is 0 Å². The fraction of sp³-hybridized carbons (Fsp3) is 0.222. The highest BCUT2D eigenvalue weighted by Crippen LogP contribution is 2.33. The first-order valence-electron chi connectivity index (χ1n) is 15.7. The van der Waals surface area contributed by atoms with Gasteiger partial charge in [-0.25, -0.2) is 0 Å². The molecule has 48 heavy (non-hydrogen) atoms. The predicted molar refractivity (Wildman–Crippen MR) is 203 cm³/mol. The highest BCUT2D eigenvalue weighted by molar-refractivity contribution is 9.10. The van der Waals surface area contributed by atoms with Gasteiger partial charge in [0.15, 0.2) is 0 Å². The number of thiophene rings is 2. The van der Waals surface area contributed by atoms with Crippen molar-refractivity contribution in [3.8, 4) is 0 Å². The van der Waals surface area contributed by atoms with Gasteiger partial charge in [0.25, 0.3) is 11.8 Å². The van der Waals surface area contributed by atoms with Crippen LogP contribution in [0.4, 0.5) is 17.1 Å². The van der Waals surface area contributed by atoms with Crippen molar-refractivity contribution in [2.24, 2.45) is 11.5 Å². The van der Waals surface area contributed by atoms with Crippen LogP contribution >= 0.6 is 38.6 Å². The summed E-state index contributed by atoms with van der Waals surface area (Å²) in [7, 11) is 0. The first kappa shape index (κ1) is 35.0. The molecule has 12 heteroatoms. The number of benzene rings is 2. The van der Waals surface area contributed by atoms with E-state index in [4.69, 9.17) is 11.5 Å². The Bertz CT molecular complexity index is 1970. The first-order chi connectivity index (χ1) is 23.3. The van der Waals surface area contributed by atoms with E-state index >= 15 is 0 Å². The van der Waals surface area contributed by atoms with Gasteiger partial charge in [0, 0.05) is 59.0 Å². The number of carbonyl (C=O) groups is 2. The minimum atomic E-state index is -0.416. The second kappa shape index (κ2) is 16.6. The second-order valence-electron chi connectivity index (χ2n) is 11.0. The zero-order chi connectivity index (χ0) is 34.0.